The third-order valence-corrected chi connectivity index (χ3v) is 4.87. The predicted molar refractivity (Wildman–Crippen MR) is 120 cm³/mol. The molecule has 0 aromatic heterocycles. The molecule has 0 aliphatic heterocycles. The molecule has 5 nitrogen and oxygen atoms in total. The maximum Gasteiger partial charge on any atom is 0.265 e. The fourth-order valence-electron chi connectivity index (χ4n) is 2.82. The summed E-state index contributed by atoms with van der Waals surface area (Å²) in [4.78, 5) is 25.0. The van der Waals surface area contributed by atoms with Crippen molar-refractivity contribution in [1.29, 1.82) is 0 Å². The molecule has 1 unspecified atom stereocenters. The van der Waals surface area contributed by atoms with Crippen LogP contribution >= 0.6 is 11.6 Å². The molecule has 2 amide bonds. The average Bonchev–Trinajstić information content (AvgIpc) is 2.77. The van der Waals surface area contributed by atoms with E-state index in [2.05, 4.69) is 17.6 Å². The van der Waals surface area contributed by atoms with Crippen molar-refractivity contribution in [2.75, 3.05) is 10.6 Å². The number of aryl methyl sites for hydroxylation is 1. The van der Waals surface area contributed by atoms with Crippen molar-refractivity contribution in [1.82, 2.24) is 0 Å². The van der Waals surface area contributed by atoms with Gasteiger partial charge in [0.2, 0.25) is 0 Å². The standard InChI is InChI=1S/C24H22ClFN2O3/c1-3-16-7-10-20(11-8-16)31-15(2)23(29)27-18-6-4-5-17(13-18)24(30)28-19-9-12-22(26)21(25)14-19/h4-15H,3H2,1-2H3,(H,27,29)(H,28,30). The SMILES string of the molecule is CCc1ccc(OC(C)C(=O)Nc2cccc(C(=O)Nc3ccc(F)c(Cl)c3)c2)cc1. The van der Waals surface area contributed by atoms with Crippen molar-refractivity contribution in [3.8, 4) is 5.75 Å². The lowest BCUT2D eigenvalue weighted by molar-refractivity contribution is -0.122. The Labute approximate surface area is 185 Å². The lowest BCUT2D eigenvalue weighted by Crippen LogP contribution is -2.30. The lowest BCUT2D eigenvalue weighted by Gasteiger charge is -2.15. The van der Waals surface area contributed by atoms with Crippen LogP contribution in [0.15, 0.2) is 66.7 Å². The molecule has 0 radical (unpaired) electrons. The van der Waals surface area contributed by atoms with E-state index in [0.29, 0.717) is 22.7 Å². The molecule has 0 saturated heterocycles. The van der Waals surface area contributed by atoms with Crippen LogP contribution in [-0.4, -0.2) is 17.9 Å². The summed E-state index contributed by atoms with van der Waals surface area (Å²) in [6.45, 7) is 3.72. The van der Waals surface area contributed by atoms with Gasteiger partial charge in [0.25, 0.3) is 11.8 Å². The second kappa shape index (κ2) is 10.1. The molecule has 31 heavy (non-hydrogen) atoms. The van der Waals surface area contributed by atoms with Crippen molar-refractivity contribution in [3.05, 3.63) is 88.7 Å². The van der Waals surface area contributed by atoms with Gasteiger partial charge in [-0.3, -0.25) is 9.59 Å². The zero-order valence-electron chi connectivity index (χ0n) is 17.1. The van der Waals surface area contributed by atoms with Gasteiger partial charge in [-0.15, -0.1) is 0 Å². The Balaban J connectivity index is 1.62. The molecule has 0 fully saturated rings. The van der Waals surface area contributed by atoms with E-state index in [1.54, 1.807) is 31.2 Å². The first-order chi connectivity index (χ1) is 14.9. The van der Waals surface area contributed by atoms with Gasteiger partial charge in [-0.25, -0.2) is 4.39 Å². The summed E-state index contributed by atoms with van der Waals surface area (Å²) in [5.74, 6) is -0.727. The molecule has 0 aliphatic rings. The van der Waals surface area contributed by atoms with Gasteiger partial charge in [0, 0.05) is 16.9 Å². The number of ether oxygens (including phenoxy) is 1. The first-order valence-electron chi connectivity index (χ1n) is 9.78. The smallest absolute Gasteiger partial charge is 0.265 e. The van der Waals surface area contributed by atoms with Gasteiger partial charge in [0.15, 0.2) is 6.10 Å². The minimum absolute atomic E-state index is 0.0860. The molecule has 0 heterocycles. The monoisotopic (exact) mass is 440 g/mol. The zero-order chi connectivity index (χ0) is 22.4. The topological polar surface area (TPSA) is 67.4 Å². The largest absolute Gasteiger partial charge is 0.481 e. The summed E-state index contributed by atoms with van der Waals surface area (Å²) in [6, 6.07) is 17.9. The molecule has 0 saturated carbocycles. The second-order valence-corrected chi connectivity index (χ2v) is 7.32. The Hall–Kier alpha value is -3.38. The highest BCUT2D eigenvalue weighted by Gasteiger charge is 2.16. The number of nitrogens with one attached hydrogen (secondary N) is 2. The number of carbonyl (C=O) groups excluding carboxylic acids is 2. The molecule has 0 spiro atoms. The van der Waals surface area contributed by atoms with Crippen LogP contribution in [0.4, 0.5) is 15.8 Å². The third-order valence-electron chi connectivity index (χ3n) is 4.58. The lowest BCUT2D eigenvalue weighted by atomic mass is 10.1. The van der Waals surface area contributed by atoms with E-state index in [1.807, 2.05) is 24.3 Å². The average molecular weight is 441 g/mol. The van der Waals surface area contributed by atoms with Crippen LogP contribution in [0.3, 0.4) is 0 Å². The fourth-order valence-corrected chi connectivity index (χ4v) is 3.00. The highest BCUT2D eigenvalue weighted by Crippen LogP contribution is 2.21. The number of amides is 2. The number of halogens is 2. The molecule has 1 atom stereocenters. The molecule has 3 aromatic carbocycles. The third kappa shape index (κ3) is 6.06. The molecule has 3 rings (SSSR count). The molecule has 0 aliphatic carbocycles. The summed E-state index contributed by atoms with van der Waals surface area (Å²) in [7, 11) is 0. The van der Waals surface area contributed by atoms with Crippen LogP contribution in [0.5, 0.6) is 5.75 Å². The summed E-state index contributed by atoms with van der Waals surface area (Å²) in [6.07, 6.45) is 0.195. The summed E-state index contributed by atoms with van der Waals surface area (Å²) < 4.78 is 19.0. The van der Waals surface area contributed by atoms with Gasteiger partial charge < -0.3 is 15.4 Å². The van der Waals surface area contributed by atoms with Crippen LogP contribution in [0, 0.1) is 5.82 Å². The van der Waals surface area contributed by atoms with Crippen LogP contribution < -0.4 is 15.4 Å². The number of benzene rings is 3. The second-order valence-electron chi connectivity index (χ2n) is 6.91. The first kappa shape index (κ1) is 22.3. The van der Waals surface area contributed by atoms with E-state index >= 15 is 0 Å². The number of anilines is 2. The van der Waals surface area contributed by atoms with Crippen LogP contribution in [0.1, 0.15) is 29.8 Å². The minimum atomic E-state index is -0.730. The quantitative estimate of drug-likeness (QED) is 0.495. The maximum atomic E-state index is 13.3. The van der Waals surface area contributed by atoms with Crippen molar-refractivity contribution in [3.63, 3.8) is 0 Å². The molecule has 7 heteroatoms. The summed E-state index contributed by atoms with van der Waals surface area (Å²) >= 11 is 5.74. The number of hydrogen-bond donors (Lipinski definition) is 2. The van der Waals surface area contributed by atoms with E-state index in [0.717, 1.165) is 6.42 Å². The first-order valence-corrected chi connectivity index (χ1v) is 10.2. The highest BCUT2D eigenvalue weighted by atomic mass is 35.5. The van der Waals surface area contributed by atoms with Gasteiger partial charge in [0.1, 0.15) is 11.6 Å². The molecule has 160 valence electrons. The Morgan fingerprint density at radius 1 is 1.00 bits per heavy atom. The minimum Gasteiger partial charge on any atom is -0.481 e. The molecule has 2 N–H and O–H groups in total. The Kier molecular flexibility index (Phi) is 7.26. The van der Waals surface area contributed by atoms with Gasteiger partial charge >= 0.3 is 0 Å². The Bertz CT molecular complexity index is 1090. The molecule has 3 aromatic rings. The molecular formula is C24H22ClFN2O3. The maximum absolute atomic E-state index is 13.3. The van der Waals surface area contributed by atoms with Crippen molar-refractivity contribution in [2.24, 2.45) is 0 Å². The van der Waals surface area contributed by atoms with E-state index in [-0.39, 0.29) is 10.9 Å². The number of carbonyl (C=O) groups is 2. The van der Waals surface area contributed by atoms with E-state index in [9.17, 15) is 14.0 Å². The Morgan fingerprint density at radius 3 is 2.39 bits per heavy atom. The van der Waals surface area contributed by atoms with E-state index in [1.165, 1.54) is 23.8 Å². The van der Waals surface area contributed by atoms with Gasteiger partial charge in [-0.1, -0.05) is 36.7 Å². The van der Waals surface area contributed by atoms with E-state index < -0.39 is 17.8 Å². The number of hydrogen-bond acceptors (Lipinski definition) is 3. The number of rotatable bonds is 7. The summed E-state index contributed by atoms with van der Waals surface area (Å²) in [5.41, 5.74) is 2.32. The highest BCUT2D eigenvalue weighted by molar-refractivity contribution is 6.31. The molecule has 0 bridgehead atoms. The van der Waals surface area contributed by atoms with Gasteiger partial charge in [-0.2, -0.15) is 0 Å². The van der Waals surface area contributed by atoms with Crippen LogP contribution in [0.25, 0.3) is 0 Å². The zero-order valence-corrected chi connectivity index (χ0v) is 17.9. The van der Waals surface area contributed by atoms with Crippen LogP contribution in [0.2, 0.25) is 5.02 Å². The van der Waals surface area contributed by atoms with Crippen molar-refractivity contribution in [2.45, 2.75) is 26.4 Å². The van der Waals surface area contributed by atoms with E-state index in [4.69, 9.17) is 16.3 Å². The normalized spacial score (nSPS) is 11.5. The van der Waals surface area contributed by atoms with Gasteiger partial charge in [-0.05, 0) is 67.4 Å². The molecular weight excluding hydrogens is 419 g/mol. The van der Waals surface area contributed by atoms with Crippen LogP contribution in [-0.2, 0) is 11.2 Å². The van der Waals surface area contributed by atoms with Crippen molar-refractivity contribution >= 4 is 34.8 Å². The Morgan fingerprint density at radius 2 is 1.71 bits per heavy atom. The van der Waals surface area contributed by atoms with Gasteiger partial charge in [0.05, 0.1) is 5.02 Å². The summed E-state index contributed by atoms with van der Waals surface area (Å²) in [5, 5.41) is 5.30. The van der Waals surface area contributed by atoms with Crippen molar-refractivity contribution < 1.29 is 18.7 Å². The predicted octanol–water partition coefficient (Wildman–Crippen LogP) is 5.70. The fraction of sp³-hybridized carbons (Fsp3) is 0.167.